The molecule has 266 valence electrons. The van der Waals surface area contributed by atoms with Gasteiger partial charge in [-0.2, -0.15) is 0 Å². The van der Waals surface area contributed by atoms with E-state index in [4.69, 9.17) is 23.4 Å². The number of carboxylic acids is 1. The average Bonchev–Trinajstić information content (AvgIpc) is 3.48. The lowest BCUT2D eigenvalue weighted by Gasteiger charge is -2.20. The third-order valence-corrected chi connectivity index (χ3v) is 7.48. The van der Waals surface area contributed by atoms with Gasteiger partial charge in [0.2, 0.25) is 5.89 Å². The number of methoxy groups -OCH3 is 3. The first kappa shape index (κ1) is 39.1. The highest BCUT2D eigenvalue weighted by atomic mass is 79.9. The third kappa shape index (κ3) is 12.6. The molecule has 3 aromatic carbocycles. The summed E-state index contributed by atoms with van der Waals surface area (Å²) in [4.78, 5) is 50.7. The van der Waals surface area contributed by atoms with E-state index in [1.807, 2.05) is 31.2 Å². The van der Waals surface area contributed by atoms with Crippen molar-refractivity contribution >= 4 is 39.7 Å². The number of halogens is 1. The number of alkyl halides is 1. The summed E-state index contributed by atoms with van der Waals surface area (Å²) < 4.78 is 31.6. The Morgan fingerprint density at radius 3 is 1.96 bits per heavy atom. The number of ketones is 1. The van der Waals surface area contributed by atoms with Gasteiger partial charge in [0.15, 0.2) is 5.78 Å². The molecule has 1 aromatic heterocycles. The molecule has 1 amide bonds. The van der Waals surface area contributed by atoms with Gasteiger partial charge in [-0.05, 0) is 80.1 Å². The molecule has 0 spiro atoms. The number of nitrogens with zero attached hydrogens (tertiary/aromatic N) is 2. The van der Waals surface area contributed by atoms with Crippen LogP contribution in [-0.4, -0.2) is 78.1 Å². The number of carboxylic acid groups (broad SMARTS) is 1. The molecular weight excluding hydrogens is 716 g/mol. The van der Waals surface area contributed by atoms with Crippen LogP contribution < -0.4 is 18.9 Å². The summed E-state index contributed by atoms with van der Waals surface area (Å²) >= 11 is 3.04. The van der Waals surface area contributed by atoms with Crippen molar-refractivity contribution in [2.24, 2.45) is 0 Å². The van der Waals surface area contributed by atoms with Crippen molar-refractivity contribution in [3.05, 3.63) is 89.8 Å². The van der Waals surface area contributed by atoms with Crippen LogP contribution in [0.25, 0.3) is 11.5 Å². The van der Waals surface area contributed by atoms with Crippen molar-refractivity contribution in [2.75, 3.05) is 34.5 Å². The summed E-state index contributed by atoms with van der Waals surface area (Å²) in [6.07, 6.45) is -0.371. The fourth-order valence-corrected chi connectivity index (χ4v) is 4.37. The zero-order valence-electron chi connectivity index (χ0n) is 28.3. The number of oxazole rings is 1. The second-order valence-corrected chi connectivity index (χ2v) is 12.0. The molecule has 1 N–H and O–H groups in total. The first-order chi connectivity index (χ1) is 23.9. The number of aryl methyl sites for hydroxylation is 1. The van der Waals surface area contributed by atoms with Crippen LogP contribution >= 0.6 is 15.9 Å². The first-order valence-corrected chi connectivity index (χ1v) is 16.2. The molecule has 0 saturated carbocycles. The van der Waals surface area contributed by atoms with Crippen molar-refractivity contribution in [2.45, 2.75) is 38.1 Å². The zero-order valence-corrected chi connectivity index (χ0v) is 29.9. The van der Waals surface area contributed by atoms with E-state index >= 15 is 0 Å². The van der Waals surface area contributed by atoms with Gasteiger partial charge in [0.05, 0.1) is 38.5 Å². The predicted molar refractivity (Wildman–Crippen MR) is 186 cm³/mol. The number of Topliss-reactive ketones (excluding diaryl/α,β-unsaturated/α-hetero) is 1. The summed E-state index contributed by atoms with van der Waals surface area (Å²) in [6.45, 7) is 3.46. The van der Waals surface area contributed by atoms with Gasteiger partial charge in [-0.3, -0.25) is 19.3 Å². The van der Waals surface area contributed by atoms with Crippen LogP contribution in [0.3, 0.4) is 0 Å². The Balaban J connectivity index is 0.000000588. The maximum Gasteiger partial charge on any atom is 0.416 e. The summed E-state index contributed by atoms with van der Waals surface area (Å²) in [6, 6.07) is 21.0. The van der Waals surface area contributed by atoms with E-state index in [0.29, 0.717) is 30.4 Å². The summed E-state index contributed by atoms with van der Waals surface area (Å²) in [5.41, 5.74) is 2.38. The Morgan fingerprint density at radius 1 is 0.860 bits per heavy atom. The standard InChI is InChI=1S/C30H30N2O8.C6H9BrO3/c1-20-27(31-29(39-20)22-6-10-23(36-2)11-7-22)16-17-38-25-8-4-21(5-9-25)18-32(19-28(33)34)30(35)40-26-14-12-24(37-3)13-15-26;1-4(7)5(8)3-6(9)10-2/h4-15H,16-19H2,1-3H3,(H,33,34);4H,3H2,1-2H3. The third-order valence-electron chi connectivity index (χ3n) is 6.97. The molecule has 0 fully saturated rings. The van der Waals surface area contributed by atoms with Crippen LogP contribution in [0.5, 0.6) is 23.0 Å². The molecule has 13 nitrogen and oxygen atoms in total. The predicted octanol–water partition coefficient (Wildman–Crippen LogP) is 6.28. The Morgan fingerprint density at radius 2 is 1.42 bits per heavy atom. The molecule has 0 aliphatic rings. The number of benzene rings is 3. The number of carbonyl (C=O) groups is 4. The molecule has 4 aromatic rings. The van der Waals surface area contributed by atoms with Crippen molar-refractivity contribution in [1.29, 1.82) is 0 Å². The highest BCUT2D eigenvalue weighted by Crippen LogP contribution is 2.25. The van der Waals surface area contributed by atoms with E-state index in [1.54, 1.807) is 62.6 Å². The van der Waals surface area contributed by atoms with Gasteiger partial charge in [0.25, 0.3) is 0 Å². The molecular formula is C36H39BrN2O11. The summed E-state index contributed by atoms with van der Waals surface area (Å²) in [5.74, 6) is 1.75. The molecule has 1 atom stereocenters. The summed E-state index contributed by atoms with van der Waals surface area (Å²) in [5, 5.41) is 9.28. The van der Waals surface area contributed by atoms with Gasteiger partial charge >= 0.3 is 18.0 Å². The lowest BCUT2D eigenvalue weighted by atomic mass is 10.2. The highest BCUT2D eigenvalue weighted by Gasteiger charge is 2.20. The normalized spacial score (nSPS) is 10.9. The lowest BCUT2D eigenvalue weighted by Crippen LogP contribution is -2.37. The molecule has 0 radical (unpaired) electrons. The number of hydrogen-bond acceptors (Lipinski definition) is 11. The topological polar surface area (TPSA) is 164 Å². The minimum Gasteiger partial charge on any atom is -0.497 e. The van der Waals surface area contributed by atoms with E-state index in [1.165, 1.54) is 14.2 Å². The van der Waals surface area contributed by atoms with Gasteiger partial charge in [-0.1, -0.05) is 28.1 Å². The molecule has 0 saturated heterocycles. The molecule has 0 bridgehead atoms. The number of ether oxygens (including phenoxy) is 5. The molecule has 1 unspecified atom stereocenters. The van der Waals surface area contributed by atoms with Gasteiger partial charge in [-0.25, -0.2) is 9.78 Å². The monoisotopic (exact) mass is 754 g/mol. The number of aromatic nitrogens is 1. The average molecular weight is 756 g/mol. The Hall–Kier alpha value is -5.37. The Bertz CT molecular complexity index is 1700. The maximum absolute atomic E-state index is 12.7. The van der Waals surface area contributed by atoms with E-state index in [0.717, 1.165) is 33.2 Å². The number of carbonyl (C=O) groups excluding carboxylic acids is 3. The van der Waals surface area contributed by atoms with Gasteiger partial charge in [0, 0.05) is 18.5 Å². The molecule has 4 rings (SSSR count). The highest BCUT2D eigenvalue weighted by molar-refractivity contribution is 9.10. The molecule has 0 aliphatic carbocycles. The largest absolute Gasteiger partial charge is 0.497 e. The minimum absolute atomic E-state index is 0.0494. The van der Waals surface area contributed by atoms with E-state index in [9.17, 15) is 24.3 Å². The molecule has 0 aliphatic heterocycles. The van der Waals surface area contributed by atoms with E-state index in [-0.39, 0.29) is 29.3 Å². The van der Waals surface area contributed by atoms with Crippen LogP contribution in [-0.2, 0) is 32.1 Å². The van der Waals surface area contributed by atoms with Crippen molar-refractivity contribution in [3.8, 4) is 34.5 Å². The number of aliphatic carboxylic acids is 1. The quantitative estimate of drug-likeness (QED) is 0.0823. The lowest BCUT2D eigenvalue weighted by molar-refractivity contribution is -0.143. The van der Waals surface area contributed by atoms with Crippen LogP contribution in [0, 0.1) is 6.92 Å². The second-order valence-electron chi connectivity index (χ2n) is 10.6. The Labute approximate surface area is 298 Å². The fraction of sp³-hybridized carbons (Fsp3) is 0.306. The van der Waals surface area contributed by atoms with E-state index in [2.05, 4.69) is 25.7 Å². The molecule has 14 heteroatoms. The van der Waals surface area contributed by atoms with Crippen molar-refractivity contribution < 1.29 is 52.4 Å². The van der Waals surface area contributed by atoms with E-state index < -0.39 is 24.6 Å². The number of esters is 1. The van der Waals surface area contributed by atoms with Crippen molar-refractivity contribution in [3.63, 3.8) is 0 Å². The first-order valence-electron chi connectivity index (χ1n) is 15.3. The van der Waals surface area contributed by atoms with Crippen LogP contribution in [0.1, 0.15) is 30.4 Å². The molecule has 1 heterocycles. The SMILES string of the molecule is COC(=O)CC(=O)C(C)Br.COc1ccc(OC(=O)N(CC(=O)O)Cc2ccc(OCCc3nc(-c4ccc(OC)cc4)oc3C)cc2)cc1. The van der Waals surface area contributed by atoms with Crippen LogP contribution in [0.15, 0.2) is 77.2 Å². The number of rotatable bonds is 15. The fourth-order valence-electron chi connectivity index (χ4n) is 4.21. The number of amides is 1. The van der Waals surface area contributed by atoms with Crippen LogP contribution in [0.4, 0.5) is 4.79 Å². The summed E-state index contributed by atoms with van der Waals surface area (Å²) in [7, 11) is 4.41. The minimum atomic E-state index is -1.15. The van der Waals surface area contributed by atoms with Gasteiger partial charge in [0.1, 0.15) is 41.7 Å². The van der Waals surface area contributed by atoms with Crippen molar-refractivity contribution in [1.82, 2.24) is 9.88 Å². The second kappa shape index (κ2) is 19.6. The van der Waals surface area contributed by atoms with Gasteiger partial charge in [-0.15, -0.1) is 0 Å². The smallest absolute Gasteiger partial charge is 0.416 e. The zero-order chi connectivity index (χ0) is 36.6. The number of hydrogen-bond donors (Lipinski definition) is 1. The van der Waals surface area contributed by atoms with Crippen LogP contribution in [0.2, 0.25) is 0 Å². The molecule has 50 heavy (non-hydrogen) atoms. The maximum atomic E-state index is 12.7. The Kier molecular flexibility index (Phi) is 15.3. The van der Waals surface area contributed by atoms with Gasteiger partial charge < -0.3 is 33.2 Å².